The van der Waals surface area contributed by atoms with Gasteiger partial charge in [-0.05, 0) is 37.5 Å². The number of aryl methyl sites for hydroxylation is 1. The number of rotatable bonds is 4. The van der Waals surface area contributed by atoms with Gasteiger partial charge in [0.2, 0.25) is 6.17 Å². The Hall–Kier alpha value is -1.42. The first-order valence-electron chi connectivity index (χ1n) is 5.61. The number of halogens is 1. The predicted octanol–water partition coefficient (Wildman–Crippen LogP) is 2.20. The number of nitrogens with two attached hydrogens (primary N) is 1. The fraction of sp³-hybridized carbons (Fsp3) is 0.462. The van der Waals surface area contributed by atoms with Crippen LogP contribution in [-0.4, -0.2) is 18.7 Å². The second-order valence-electron chi connectivity index (χ2n) is 3.97. The molecule has 0 saturated carbocycles. The normalized spacial score (nSPS) is 14.2. The number of hydrogen-bond donors (Lipinski definition) is 1. The van der Waals surface area contributed by atoms with Gasteiger partial charge in [0.05, 0.1) is 12.6 Å². The number of esters is 1. The second kappa shape index (κ2) is 5.77. The molecule has 0 aromatic heterocycles. The Morgan fingerprint density at radius 3 is 2.71 bits per heavy atom. The maximum Gasteiger partial charge on any atom is 0.342 e. The van der Waals surface area contributed by atoms with Crippen molar-refractivity contribution in [2.24, 2.45) is 5.73 Å². The maximum atomic E-state index is 13.8. The molecule has 1 aromatic rings. The highest BCUT2D eigenvalue weighted by molar-refractivity contribution is 5.75. The van der Waals surface area contributed by atoms with Crippen LogP contribution in [0.15, 0.2) is 18.2 Å². The van der Waals surface area contributed by atoms with Gasteiger partial charge in [0.15, 0.2) is 0 Å². The molecule has 2 N–H and O–H groups in total. The van der Waals surface area contributed by atoms with Gasteiger partial charge >= 0.3 is 5.97 Å². The zero-order valence-corrected chi connectivity index (χ0v) is 10.4. The van der Waals surface area contributed by atoms with E-state index in [0.717, 1.165) is 11.1 Å². The Bertz CT molecular complexity index is 406. The quantitative estimate of drug-likeness (QED) is 0.819. The summed E-state index contributed by atoms with van der Waals surface area (Å²) >= 11 is 0. The van der Waals surface area contributed by atoms with Crippen molar-refractivity contribution in [1.29, 1.82) is 0 Å². The van der Waals surface area contributed by atoms with E-state index in [-0.39, 0.29) is 6.61 Å². The largest absolute Gasteiger partial charge is 0.464 e. The Balaban J connectivity index is 2.92. The van der Waals surface area contributed by atoms with Crippen LogP contribution in [0.4, 0.5) is 4.39 Å². The molecule has 0 heterocycles. The lowest BCUT2D eigenvalue weighted by molar-refractivity contribution is -0.149. The molecule has 1 rings (SSSR count). The highest BCUT2D eigenvalue weighted by Crippen LogP contribution is 2.23. The van der Waals surface area contributed by atoms with Crippen molar-refractivity contribution in [2.45, 2.75) is 33.0 Å². The SMILES string of the molecule is CCOC(=O)C(F)[C@H](N)c1cccc(C)c1C. The summed E-state index contributed by atoms with van der Waals surface area (Å²) in [5.41, 5.74) is 8.34. The molecule has 94 valence electrons. The highest BCUT2D eigenvalue weighted by Gasteiger charge is 2.28. The minimum absolute atomic E-state index is 0.152. The molecule has 0 aliphatic heterocycles. The molecule has 0 aliphatic rings. The fourth-order valence-electron chi connectivity index (χ4n) is 1.66. The van der Waals surface area contributed by atoms with E-state index in [1.807, 2.05) is 19.9 Å². The van der Waals surface area contributed by atoms with Gasteiger partial charge in [-0.1, -0.05) is 18.2 Å². The monoisotopic (exact) mass is 239 g/mol. The van der Waals surface area contributed by atoms with Gasteiger partial charge in [-0.15, -0.1) is 0 Å². The van der Waals surface area contributed by atoms with Crippen LogP contribution in [-0.2, 0) is 9.53 Å². The van der Waals surface area contributed by atoms with E-state index in [0.29, 0.717) is 5.56 Å². The van der Waals surface area contributed by atoms with Crippen LogP contribution in [0.25, 0.3) is 0 Å². The molecule has 17 heavy (non-hydrogen) atoms. The van der Waals surface area contributed by atoms with Crippen LogP contribution in [0.3, 0.4) is 0 Å². The van der Waals surface area contributed by atoms with Crippen LogP contribution in [0.1, 0.15) is 29.7 Å². The first-order chi connectivity index (χ1) is 7.99. The smallest absolute Gasteiger partial charge is 0.342 e. The number of benzene rings is 1. The zero-order chi connectivity index (χ0) is 13.0. The van der Waals surface area contributed by atoms with E-state index in [1.54, 1.807) is 19.1 Å². The van der Waals surface area contributed by atoms with Crippen LogP contribution in [0.5, 0.6) is 0 Å². The van der Waals surface area contributed by atoms with Crippen LogP contribution in [0.2, 0.25) is 0 Å². The van der Waals surface area contributed by atoms with Crippen molar-refractivity contribution in [3.63, 3.8) is 0 Å². The second-order valence-corrected chi connectivity index (χ2v) is 3.97. The average molecular weight is 239 g/mol. The summed E-state index contributed by atoms with van der Waals surface area (Å²) < 4.78 is 18.4. The van der Waals surface area contributed by atoms with Crippen molar-refractivity contribution in [3.8, 4) is 0 Å². The van der Waals surface area contributed by atoms with Gasteiger partial charge in [0.1, 0.15) is 0 Å². The molecule has 4 heteroatoms. The summed E-state index contributed by atoms with van der Waals surface area (Å²) in [4.78, 5) is 11.3. The molecule has 0 bridgehead atoms. The standard InChI is InChI=1S/C13H18FNO2/c1-4-17-13(16)11(14)12(15)10-7-5-6-8(2)9(10)3/h5-7,11-12H,4,15H2,1-3H3/t11?,12-/m1/s1. The van der Waals surface area contributed by atoms with Crippen molar-refractivity contribution >= 4 is 5.97 Å². The summed E-state index contributed by atoms with van der Waals surface area (Å²) in [6.07, 6.45) is -1.82. The third-order valence-electron chi connectivity index (χ3n) is 2.83. The lowest BCUT2D eigenvalue weighted by Gasteiger charge is -2.18. The molecule has 0 radical (unpaired) electrons. The van der Waals surface area contributed by atoms with Gasteiger partial charge in [0, 0.05) is 0 Å². The Morgan fingerprint density at radius 1 is 1.47 bits per heavy atom. The summed E-state index contributed by atoms with van der Waals surface area (Å²) in [6.45, 7) is 5.57. The summed E-state index contributed by atoms with van der Waals surface area (Å²) in [5.74, 6) is -0.902. The van der Waals surface area contributed by atoms with Crippen molar-refractivity contribution < 1.29 is 13.9 Å². The molecule has 1 unspecified atom stereocenters. The molecule has 0 amide bonds. The van der Waals surface area contributed by atoms with E-state index < -0.39 is 18.2 Å². The van der Waals surface area contributed by atoms with E-state index in [2.05, 4.69) is 4.74 Å². The van der Waals surface area contributed by atoms with Crippen LogP contribution < -0.4 is 5.73 Å². The van der Waals surface area contributed by atoms with E-state index in [4.69, 9.17) is 5.73 Å². The molecule has 2 atom stereocenters. The zero-order valence-electron chi connectivity index (χ0n) is 10.4. The summed E-state index contributed by atoms with van der Waals surface area (Å²) in [7, 11) is 0. The number of alkyl halides is 1. The third kappa shape index (κ3) is 3.03. The molecule has 0 fully saturated rings. The lowest BCUT2D eigenvalue weighted by Crippen LogP contribution is -2.32. The Kier molecular flexibility index (Phi) is 4.63. The molecule has 0 aliphatic carbocycles. The number of carbonyl (C=O) groups is 1. The molecule has 1 aromatic carbocycles. The van der Waals surface area contributed by atoms with Gasteiger partial charge in [-0.2, -0.15) is 0 Å². The van der Waals surface area contributed by atoms with Crippen LogP contribution >= 0.6 is 0 Å². The van der Waals surface area contributed by atoms with E-state index in [1.165, 1.54) is 0 Å². The number of ether oxygens (including phenoxy) is 1. The van der Waals surface area contributed by atoms with Gasteiger partial charge in [0.25, 0.3) is 0 Å². The van der Waals surface area contributed by atoms with E-state index >= 15 is 0 Å². The van der Waals surface area contributed by atoms with Gasteiger partial charge < -0.3 is 10.5 Å². The fourth-order valence-corrected chi connectivity index (χ4v) is 1.66. The first-order valence-corrected chi connectivity index (χ1v) is 5.61. The van der Waals surface area contributed by atoms with Crippen molar-refractivity contribution in [3.05, 3.63) is 34.9 Å². The summed E-state index contributed by atoms with van der Waals surface area (Å²) in [6, 6.07) is 4.48. The number of carbonyl (C=O) groups excluding carboxylic acids is 1. The van der Waals surface area contributed by atoms with Crippen molar-refractivity contribution in [1.82, 2.24) is 0 Å². The molecular weight excluding hydrogens is 221 g/mol. The predicted molar refractivity (Wildman–Crippen MR) is 64.4 cm³/mol. The molecule has 3 nitrogen and oxygen atoms in total. The third-order valence-corrected chi connectivity index (χ3v) is 2.83. The number of hydrogen-bond acceptors (Lipinski definition) is 3. The Labute approximate surface area is 101 Å². The minimum atomic E-state index is -1.82. The highest BCUT2D eigenvalue weighted by atomic mass is 19.1. The van der Waals surface area contributed by atoms with Crippen LogP contribution in [0, 0.1) is 13.8 Å². The van der Waals surface area contributed by atoms with Crippen molar-refractivity contribution in [2.75, 3.05) is 6.61 Å². The first kappa shape index (κ1) is 13.6. The Morgan fingerprint density at radius 2 is 2.12 bits per heavy atom. The van der Waals surface area contributed by atoms with E-state index in [9.17, 15) is 9.18 Å². The van der Waals surface area contributed by atoms with Gasteiger partial charge in [-0.3, -0.25) is 0 Å². The molecule has 0 spiro atoms. The maximum absolute atomic E-state index is 13.8. The lowest BCUT2D eigenvalue weighted by atomic mass is 9.95. The summed E-state index contributed by atoms with van der Waals surface area (Å²) in [5, 5.41) is 0. The van der Waals surface area contributed by atoms with Gasteiger partial charge in [-0.25, -0.2) is 9.18 Å². The molecule has 0 saturated heterocycles. The molecular formula is C13H18FNO2. The topological polar surface area (TPSA) is 52.3 Å². The average Bonchev–Trinajstić information content (AvgIpc) is 2.31. The minimum Gasteiger partial charge on any atom is -0.464 e.